The van der Waals surface area contributed by atoms with Crippen molar-refractivity contribution >= 4 is 23.1 Å². The number of aromatic nitrogens is 2. The van der Waals surface area contributed by atoms with Crippen LogP contribution in [0.4, 0.5) is 5.69 Å². The van der Waals surface area contributed by atoms with Crippen LogP contribution < -0.4 is 11.1 Å². The predicted octanol–water partition coefficient (Wildman–Crippen LogP) is 3.82. The summed E-state index contributed by atoms with van der Waals surface area (Å²) in [4.78, 5) is 29.9. The normalized spacial score (nSPS) is 10.8. The number of ether oxygens (including phenoxy) is 1. The summed E-state index contributed by atoms with van der Waals surface area (Å²) < 4.78 is 6.92. The molecule has 0 unspecified atom stereocenters. The molecule has 0 aliphatic rings. The molecule has 2 aromatic heterocycles. The quantitative estimate of drug-likeness (QED) is 0.436. The average Bonchev–Trinajstić information content (AvgIpc) is 3.28. The van der Waals surface area contributed by atoms with E-state index in [-0.39, 0.29) is 24.0 Å². The van der Waals surface area contributed by atoms with Crippen LogP contribution in [0.25, 0.3) is 16.8 Å². The number of carbonyl (C=O) groups is 2. The molecule has 0 saturated heterocycles. The van der Waals surface area contributed by atoms with Crippen molar-refractivity contribution in [2.24, 2.45) is 5.73 Å². The van der Waals surface area contributed by atoms with Crippen LogP contribution in [-0.4, -0.2) is 27.9 Å². The first kappa shape index (κ1) is 21.3. The molecule has 2 heterocycles. The molecular formula is C25H24N4O3. The zero-order valence-electron chi connectivity index (χ0n) is 17.7. The second-order valence-corrected chi connectivity index (χ2v) is 7.27. The Morgan fingerprint density at radius 3 is 2.75 bits per heavy atom. The van der Waals surface area contributed by atoms with Crippen molar-refractivity contribution in [3.63, 3.8) is 0 Å². The maximum Gasteiger partial charge on any atom is 0.310 e. The summed E-state index contributed by atoms with van der Waals surface area (Å²) >= 11 is 0. The number of para-hydroxylation sites is 1. The fourth-order valence-electron chi connectivity index (χ4n) is 3.55. The van der Waals surface area contributed by atoms with Gasteiger partial charge < -0.3 is 20.2 Å². The number of nitrogens with two attached hydrogens (primary N) is 1. The van der Waals surface area contributed by atoms with Gasteiger partial charge in [0.05, 0.1) is 24.2 Å². The van der Waals surface area contributed by atoms with Crippen molar-refractivity contribution in [1.82, 2.24) is 9.38 Å². The van der Waals surface area contributed by atoms with Crippen LogP contribution in [0.2, 0.25) is 0 Å². The number of nitrogens with one attached hydrogen (secondary N) is 1. The first-order valence-electron chi connectivity index (χ1n) is 10.4. The number of anilines is 1. The Hall–Kier alpha value is -3.97. The van der Waals surface area contributed by atoms with Crippen LogP contribution in [0, 0.1) is 0 Å². The highest BCUT2D eigenvalue weighted by molar-refractivity contribution is 6.08. The number of fused-ring (bicyclic) bond motifs is 1. The van der Waals surface area contributed by atoms with E-state index in [9.17, 15) is 9.59 Å². The summed E-state index contributed by atoms with van der Waals surface area (Å²) in [5.74, 6) is -0.704. The van der Waals surface area contributed by atoms with Crippen molar-refractivity contribution in [2.45, 2.75) is 19.9 Å². The van der Waals surface area contributed by atoms with Crippen molar-refractivity contribution in [2.75, 3.05) is 11.9 Å². The minimum Gasteiger partial charge on any atom is -0.466 e. The summed E-state index contributed by atoms with van der Waals surface area (Å²) in [6.07, 6.45) is 3.83. The Balaban J connectivity index is 1.69. The van der Waals surface area contributed by atoms with Crippen LogP contribution in [0.3, 0.4) is 0 Å². The third-order valence-corrected chi connectivity index (χ3v) is 5.09. The lowest BCUT2D eigenvalue weighted by atomic mass is 10.1. The fraction of sp³-hybridized carbons (Fsp3) is 0.160. The van der Waals surface area contributed by atoms with Gasteiger partial charge in [-0.05, 0) is 42.3 Å². The molecular weight excluding hydrogens is 404 g/mol. The van der Waals surface area contributed by atoms with Gasteiger partial charge >= 0.3 is 5.97 Å². The summed E-state index contributed by atoms with van der Waals surface area (Å²) in [6.45, 7) is 2.49. The molecule has 7 nitrogen and oxygen atoms in total. The molecule has 0 aliphatic heterocycles. The lowest BCUT2D eigenvalue weighted by molar-refractivity contribution is -0.142. The Morgan fingerprint density at radius 2 is 1.94 bits per heavy atom. The van der Waals surface area contributed by atoms with Gasteiger partial charge in [-0.3, -0.25) is 9.59 Å². The third-order valence-electron chi connectivity index (χ3n) is 5.09. The van der Waals surface area contributed by atoms with Gasteiger partial charge in [0.15, 0.2) is 5.69 Å². The molecule has 0 radical (unpaired) electrons. The first-order valence-corrected chi connectivity index (χ1v) is 10.4. The van der Waals surface area contributed by atoms with Crippen molar-refractivity contribution < 1.29 is 14.3 Å². The summed E-state index contributed by atoms with van der Waals surface area (Å²) in [6, 6.07) is 18.7. The minimum atomic E-state index is -0.359. The van der Waals surface area contributed by atoms with Gasteiger partial charge in [-0.1, -0.05) is 36.4 Å². The van der Waals surface area contributed by atoms with Gasteiger partial charge in [0, 0.05) is 30.2 Å². The average molecular weight is 428 g/mol. The largest absolute Gasteiger partial charge is 0.466 e. The predicted molar refractivity (Wildman–Crippen MR) is 123 cm³/mol. The highest BCUT2D eigenvalue weighted by Gasteiger charge is 2.17. The highest BCUT2D eigenvalue weighted by Crippen LogP contribution is 2.23. The standard InChI is InChI=1S/C25H24N4O3/c1-2-32-23(30)14-19-8-3-4-10-20(19)28-25(31)24-22-11-6-12-29(22)16-21(27-24)18-9-5-7-17(13-18)15-26/h3-13,16H,2,14-15,26H2,1H3,(H,28,31). The third kappa shape index (κ3) is 4.53. The Morgan fingerprint density at radius 1 is 1.09 bits per heavy atom. The molecule has 162 valence electrons. The maximum atomic E-state index is 13.3. The molecule has 3 N–H and O–H groups in total. The molecule has 0 aliphatic carbocycles. The van der Waals surface area contributed by atoms with Crippen molar-refractivity contribution in [3.05, 3.63) is 89.9 Å². The maximum absolute atomic E-state index is 13.3. The number of nitrogens with zero attached hydrogens (tertiary/aromatic N) is 2. The molecule has 0 saturated carbocycles. The summed E-state index contributed by atoms with van der Waals surface area (Å²) in [5, 5.41) is 2.91. The summed E-state index contributed by atoms with van der Waals surface area (Å²) in [5.41, 5.74) is 10.5. The van der Waals surface area contributed by atoms with Crippen molar-refractivity contribution in [3.8, 4) is 11.3 Å². The lowest BCUT2D eigenvalue weighted by Gasteiger charge is -2.13. The fourth-order valence-corrected chi connectivity index (χ4v) is 3.55. The topological polar surface area (TPSA) is 98.7 Å². The van der Waals surface area contributed by atoms with E-state index < -0.39 is 0 Å². The van der Waals surface area contributed by atoms with Gasteiger partial charge in [0.25, 0.3) is 5.91 Å². The molecule has 7 heteroatoms. The molecule has 2 aromatic carbocycles. The molecule has 0 bridgehead atoms. The monoisotopic (exact) mass is 428 g/mol. The van der Waals surface area contributed by atoms with Crippen molar-refractivity contribution in [1.29, 1.82) is 0 Å². The van der Waals surface area contributed by atoms with E-state index in [4.69, 9.17) is 10.5 Å². The van der Waals surface area contributed by atoms with Gasteiger partial charge in [-0.15, -0.1) is 0 Å². The lowest BCUT2D eigenvalue weighted by Crippen LogP contribution is -2.18. The first-order chi connectivity index (χ1) is 15.6. The van der Waals surface area contributed by atoms with Gasteiger partial charge in [0.1, 0.15) is 0 Å². The van der Waals surface area contributed by atoms with E-state index in [1.807, 2.05) is 59.3 Å². The molecule has 1 amide bonds. The molecule has 4 aromatic rings. The Bertz CT molecular complexity index is 1280. The number of hydrogen-bond acceptors (Lipinski definition) is 5. The molecule has 32 heavy (non-hydrogen) atoms. The second-order valence-electron chi connectivity index (χ2n) is 7.27. The number of hydrogen-bond donors (Lipinski definition) is 2. The summed E-state index contributed by atoms with van der Waals surface area (Å²) in [7, 11) is 0. The van der Waals surface area contributed by atoms with Gasteiger partial charge in [-0.2, -0.15) is 0 Å². The minimum absolute atomic E-state index is 0.0736. The zero-order valence-corrected chi connectivity index (χ0v) is 17.7. The van der Waals surface area contributed by atoms with Crippen LogP contribution in [-0.2, 0) is 22.5 Å². The second kappa shape index (κ2) is 9.45. The number of rotatable bonds is 7. The van der Waals surface area contributed by atoms with Crippen LogP contribution >= 0.6 is 0 Å². The van der Waals surface area contributed by atoms with E-state index in [1.165, 1.54) is 0 Å². The molecule has 4 rings (SSSR count). The van der Waals surface area contributed by atoms with Gasteiger partial charge in [-0.25, -0.2) is 4.98 Å². The molecule has 0 fully saturated rings. The number of carbonyl (C=O) groups excluding carboxylic acids is 2. The van der Waals surface area contributed by atoms with E-state index in [0.29, 0.717) is 35.6 Å². The number of benzene rings is 2. The molecule has 0 spiro atoms. The van der Waals surface area contributed by atoms with Crippen LogP contribution in [0.5, 0.6) is 0 Å². The van der Waals surface area contributed by atoms with E-state index in [0.717, 1.165) is 11.1 Å². The zero-order chi connectivity index (χ0) is 22.5. The van der Waals surface area contributed by atoms with Crippen LogP contribution in [0.1, 0.15) is 28.5 Å². The van der Waals surface area contributed by atoms with E-state index in [1.54, 1.807) is 25.1 Å². The SMILES string of the molecule is CCOC(=O)Cc1ccccc1NC(=O)c1nc(-c2cccc(CN)c2)cn2cccc12. The van der Waals surface area contributed by atoms with Gasteiger partial charge in [0.2, 0.25) is 0 Å². The van der Waals surface area contributed by atoms with Crippen LogP contribution in [0.15, 0.2) is 73.1 Å². The smallest absolute Gasteiger partial charge is 0.310 e. The Kier molecular flexibility index (Phi) is 6.28. The van der Waals surface area contributed by atoms with E-state index in [2.05, 4.69) is 10.3 Å². The highest BCUT2D eigenvalue weighted by atomic mass is 16.5. The van der Waals surface area contributed by atoms with E-state index >= 15 is 0 Å². The number of amides is 1. The number of esters is 1. The Labute approximate surface area is 185 Å². The molecule has 0 atom stereocenters.